The molecule has 1 atom stereocenters. The van der Waals surface area contributed by atoms with Crippen molar-refractivity contribution < 1.29 is 4.79 Å². The van der Waals surface area contributed by atoms with E-state index >= 15 is 0 Å². The summed E-state index contributed by atoms with van der Waals surface area (Å²) in [7, 11) is 0. The van der Waals surface area contributed by atoms with E-state index < -0.39 is 0 Å². The summed E-state index contributed by atoms with van der Waals surface area (Å²) < 4.78 is 0. The number of carbonyl (C=O) groups excluding carboxylic acids is 1. The van der Waals surface area contributed by atoms with Crippen molar-refractivity contribution in [1.29, 1.82) is 0 Å². The van der Waals surface area contributed by atoms with E-state index in [0.29, 0.717) is 16.7 Å². The van der Waals surface area contributed by atoms with Gasteiger partial charge in [0, 0.05) is 15.7 Å². The number of rotatable bonds is 4. The van der Waals surface area contributed by atoms with E-state index in [9.17, 15) is 4.79 Å². The number of tetrazole rings is 1. The van der Waals surface area contributed by atoms with Crippen LogP contribution in [0.1, 0.15) is 33.3 Å². The van der Waals surface area contributed by atoms with Gasteiger partial charge < -0.3 is 4.90 Å². The predicted octanol–water partition coefficient (Wildman–Crippen LogP) is 3.83. The zero-order chi connectivity index (χ0) is 18.1. The van der Waals surface area contributed by atoms with Gasteiger partial charge >= 0.3 is 0 Å². The Hall–Kier alpha value is -1.90. The molecule has 134 valence electrons. The van der Waals surface area contributed by atoms with E-state index in [1.807, 2.05) is 29.2 Å². The summed E-state index contributed by atoms with van der Waals surface area (Å²) in [6.07, 6.45) is 0.936. The SMILES string of the molecule is CCc1ccc(C(=O)N2CSCC2c2nnn(-c3cccc(Cl)c3)n2)s1. The summed E-state index contributed by atoms with van der Waals surface area (Å²) >= 11 is 9.28. The van der Waals surface area contributed by atoms with Crippen LogP contribution in [0.25, 0.3) is 5.69 Å². The molecule has 1 aromatic carbocycles. The summed E-state index contributed by atoms with van der Waals surface area (Å²) in [5, 5.41) is 13.4. The Bertz CT molecular complexity index is 941. The normalized spacial score (nSPS) is 17.0. The fraction of sp³-hybridized carbons (Fsp3) is 0.294. The van der Waals surface area contributed by atoms with Crippen LogP contribution in [0.5, 0.6) is 0 Å². The second-order valence-electron chi connectivity index (χ2n) is 5.83. The smallest absolute Gasteiger partial charge is 0.265 e. The number of nitrogens with zero attached hydrogens (tertiary/aromatic N) is 5. The van der Waals surface area contributed by atoms with Crippen molar-refractivity contribution in [3.63, 3.8) is 0 Å². The lowest BCUT2D eigenvalue weighted by Gasteiger charge is -2.20. The van der Waals surface area contributed by atoms with Gasteiger partial charge in [0.25, 0.3) is 5.91 Å². The van der Waals surface area contributed by atoms with Gasteiger partial charge in [0.05, 0.1) is 16.4 Å². The second kappa shape index (κ2) is 7.38. The maximum Gasteiger partial charge on any atom is 0.265 e. The molecule has 0 aliphatic carbocycles. The summed E-state index contributed by atoms with van der Waals surface area (Å²) in [5.41, 5.74) is 0.741. The van der Waals surface area contributed by atoms with Crippen LogP contribution in [-0.4, -0.2) is 42.6 Å². The first-order valence-electron chi connectivity index (χ1n) is 8.19. The summed E-state index contributed by atoms with van der Waals surface area (Å²) in [5.74, 6) is 1.98. The van der Waals surface area contributed by atoms with E-state index in [1.54, 1.807) is 35.2 Å². The van der Waals surface area contributed by atoms with Crippen molar-refractivity contribution in [3.05, 3.63) is 57.0 Å². The van der Waals surface area contributed by atoms with Crippen LogP contribution in [0, 0.1) is 0 Å². The van der Waals surface area contributed by atoms with Crippen molar-refractivity contribution in [2.24, 2.45) is 0 Å². The Morgan fingerprint density at radius 1 is 1.35 bits per heavy atom. The highest BCUT2D eigenvalue weighted by atomic mass is 35.5. The van der Waals surface area contributed by atoms with Crippen LogP contribution in [0.4, 0.5) is 0 Å². The highest BCUT2D eigenvalue weighted by Crippen LogP contribution is 2.33. The average molecular weight is 406 g/mol. The molecule has 3 heterocycles. The van der Waals surface area contributed by atoms with Crippen molar-refractivity contribution in [1.82, 2.24) is 25.1 Å². The molecule has 3 aromatic rings. The number of hydrogen-bond donors (Lipinski definition) is 0. The third-order valence-corrected chi connectivity index (χ3v) is 6.60. The first-order valence-corrected chi connectivity index (χ1v) is 10.5. The summed E-state index contributed by atoms with van der Waals surface area (Å²) in [6, 6.07) is 11.0. The van der Waals surface area contributed by atoms with Crippen LogP contribution in [0.3, 0.4) is 0 Å². The Morgan fingerprint density at radius 2 is 2.23 bits per heavy atom. The lowest BCUT2D eigenvalue weighted by Crippen LogP contribution is -2.31. The first-order chi connectivity index (χ1) is 12.7. The van der Waals surface area contributed by atoms with Gasteiger partial charge in [0.15, 0.2) is 5.82 Å². The Kier molecular flexibility index (Phi) is 4.97. The molecule has 0 spiro atoms. The Labute approximate surface area is 164 Å². The molecule has 0 N–H and O–H groups in total. The number of benzene rings is 1. The van der Waals surface area contributed by atoms with E-state index in [0.717, 1.165) is 22.7 Å². The number of carbonyl (C=O) groups is 1. The predicted molar refractivity (Wildman–Crippen MR) is 104 cm³/mol. The Balaban J connectivity index is 1.58. The molecule has 1 aliphatic rings. The van der Waals surface area contributed by atoms with Gasteiger partial charge in [0.2, 0.25) is 0 Å². The quantitative estimate of drug-likeness (QED) is 0.660. The molecule has 4 rings (SSSR count). The molecule has 6 nitrogen and oxygen atoms in total. The summed E-state index contributed by atoms with van der Waals surface area (Å²) in [6.45, 7) is 2.09. The van der Waals surface area contributed by atoms with Gasteiger partial charge in [-0.1, -0.05) is 24.6 Å². The lowest BCUT2D eigenvalue weighted by molar-refractivity contribution is 0.0746. The van der Waals surface area contributed by atoms with Crippen LogP contribution in [-0.2, 0) is 6.42 Å². The largest absolute Gasteiger partial charge is 0.317 e. The maximum atomic E-state index is 12.9. The third-order valence-electron chi connectivity index (χ3n) is 4.13. The van der Waals surface area contributed by atoms with Crippen molar-refractivity contribution >= 4 is 40.6 Å². The van der Waals surface area contributed by atoms with Gasteiger partial charge in [0.1, 0.15) is 6.04 Å². The maximum absolute atomic E-state index is 12.9. The molecule has 1 unspecified atom stereocenters. The number of halogens is 1. The lowest BCUT2D eigenvalue weighted by atomic mass is 10.2. The number of thiophene rings is 1. The molecule has 0 saturated carbocycles. The highest BCUT2D eigenvalue weighted by Gasteiger charge is 2.34. The number of amides is 1. The monoisotopic (exact) mass is 405 g/mol. The third kappa shape index (κ3) is 3.36. The van der Waals surface area contributed by atoms with Crippen LogP contribution in [0.15, 0.2) is 36.4 Å². The second-order valence-corrected chi connectivity index (χ2v) is 8.43. The number of aryl methyl sites for hydroxylation is 1. The van der Waals surface area contributed by atoms with Crippen molar-refractivity contribution in [3.8, 4) is 5.69 Å². The van der Waals surface area contributed by atoms with Crippen molar-refractivity contribution in [2.45, 2.75) is 19.4 Å². The van der Waals surface area contributed by atoms with E-state index in [-0.39, 0.29) is 11.9 Å². The molecule has 0 radical (unpaired) electrons. The molecule has 1 amide bonds. The topological polar surface area (TPSA) is 63.9 Å². The van der Waals surface area contributed by atoms with Gasteiger partial charge in [-0.2, -0.15) is 0 Å². The number of thioether (sulfide) groups is 1. The van der Waals surface area contributed by atoms with E-state index in [4.69, 9.17) is 11.6 Å². The van der Waals surface area contributed by atoms with Crippen LogP contribution in [0.2, 0.25) is 5.02 Å². The van der Waals surface area contributed by atoms with Crippen LogP contribution >= 0.6 is 34.7 Å². The van der Waals surface area contributed by atoms with E-state index in [2.05, 4.69) is 22.3 Å². The standard InChI is InChI=1S/C17H16ClN5OS2/c1-2-13-6-7-15(26-13)17(24)22-10-25-9-14(22)16-19-21-23(20-16)12-5-3-4-11(18)8-12/h3-8,14H,2,9-10H2,1H3. The average Bonchev–Trinajstić information content (AvgIpc) is 3.40. The highest BCUT2D eigenvalue weighted by molar-refractivity contribution is 7.99. The molecule has 9 heteroatoms. The van der Waals surface area contributed by atoms with Gasteiger partial charge in [-0.15, -0.1) is 38.1 Å². The molecule has 1 aliphatic heterocycles. The minimum atomic E-state index is -0.174. The first kappa shape index (κ1) is 17.5. The molecule has 0 bridgehead atoms. The zero-order valence-electron chi connectivity index (χ0n) is 14.0. The van der Waals surface area contributed by atoms with Gasteiger partial charge in [-0.25, -0.2) is 0 Å². The van der Waals surface area contributed by atoms with Gasteiger partial charge in [-0.3, -0.25) is 4.79 Å². The number of hydrogen-bond acceptors (Lipinski definition) is 6. The minimum absolute atomic E-state index is 0.0313. The molecular formula is C17H16ClN5OS2. The fourth-order valence-electron chi connectivity index (χ4n) is 2.75. The summed E-state index contributed by atoms with van der Waals surface area (Å²) in [4.78, 5) is 18.2. The van der Waals surface area contributed by atoms with Crippen molar-refractivity contribution in [2.75, 3.05) is 11.6 Å². The van der Waals surface area contributed by atoms with E-state index in [1.165, 1.54) is 9.67 Å². The molecule has 2 aromatic heterocycles. The van der Waals surface area contributed by atoms with Crippen LogP contribution < -0.4 is 0 Å². The molecule has 1 fully saturated rings. The Morgan fingerprint density at radius 3 is 3.00 bits per heavy atom. The fourth-order valence-corrected chi connectivity index (χ4v) is 4.99. The minimum Gasteiger partial charge on any atom is -0.317 e. The molecule has 26 heavy (non-hydrogen) atoms. The molecular weight excluding hydrogens is 390 g/mol. The molecule has 1 saturated heterocycles. The number of aromatic nitrogens is 4. The zero-order valence-corrected chi connectivity index (χ0v) is 16.4. The van der Waals surface area contributed by atoms with Gasteiger partial charge in [-0.05, 0) is 42.0 Å².